The Balaban J connectivity index is 3.45. The van der Waals surface area contributed by atoms with E-state index in [0.29, 0.717) is 5.56 Å². The van der Waals surface area contributed by atoms with Crippen molar-refractivity contribution in [2.24, 2.45) is 0 Å². The van der Waals surface area contributed by atoms with Crippen molar-refractivity contribution in [2.75, 3.05) is 0 Å². The van der Waals surface area contributed by atoms with Gasteiger partial charge in [0.15, 0.2) is 6.10 Å². The fourth-order valence-electron chi connectivity index (χ4n) is 1.82. The Morgan fingerprint density at radius 1 is 0.947 bits per heavy atom. The molecule has 0 aliphatic carbocycles. The number of aliphatic hydroxyl groups is 1. The number of hydrogen-bond acceptors (Lipinski definition) is 2. The zero-order valence-electron chi connectivity index (χ0n) is 12.6. The minimum absolute atomic E-state index is 0.0891. The lowest BCUT2D eigenvalue weighted by atomic mass is 9.79. The molecular weight excluding hydrogens is 240 g/mol. The Morgan fingerprint density at radius 2 is 1.32 bits per heavy atom. The minimum Gasteiger partial charge on any atom is -0.479 e. The third-order valence-electron chi connectivity index (χ3n) is 3.24. The van der Waals surface area contributed by atoms with Gasteiger partial charge in [-0.1, -0.05) is 59.7 Å². The molecule has 1 aromatic rings. The number of benzene rings is 1. The Bertz CT molecular complexity index is 443. The van der Waals surface area contributed by atoms with Gasteiger partial charge in [0.2, 0.25) is 0 Å². The van der Waals surface area contributed by atoms with E-state index < -0.39 is 12.1 Å². The number of rotatable bonds is 2. The van der Waals surface area contributed by atoms with Gasteiger partial charge < -0.3 is 10.2 Å². The van der Waals surface area contributed by atoms with E-state index in [1.807, 2.05) is 0 Å². The summed E-state index contributed by atoms with van der Waals surface area (Å²) in [4.78, 5) is 11.0. The quantitative estimate of drug-likeness (QED) is 0.860. The summed E-state index contributed by atoms with van der Waals surface area (Å²) in [5.74, 6) is -1.22. The maximum atomic E-state index is 11.0. The summed E-state index contributed by atoms with van der Waals surface area (Å²) in [5, 5.41) is 18.8. The number of hydrogen-bond donors (Lipinski definition) is 2. The maximum absolute atomic E-state index is 11.0. The standard InChI is InChI=1S/C16H24O3/c1-15(2,3)11-7-10(13(17)14(18)19)8-12(9-11)16(4,5)6/h7-9,13,17H,1-6H3,(H,18,19). The molecular formula is C16H24O3. The third-order valence-corrected chi connectivity index (χ3v) is 3.24. The molecule has 0 saturated carbocycles. The first-order valence-corrected chi connectivity index (χ1v) is 6.50. The van der Waals surface area contributed by atoms with Crippen molar-refractivity contribution >= 4 is 5.97 Å². The van der Waals surface area contributed by atoms with Gasteiger partial charge in [0.25, 0.3) is 0 Å². The molecule has 0 bridgehead atoms. The molecule has 1 atom stereocenters. The van der Waals surface area contributed by atoms with Crippen LogP contribution in [0.1, 0.15) is 64.3 Å². The summed E-state index contributed by atoms with van der Waals surface area (Å²) in [6.45, 7) is 12.5. The van der Waals surface area contributed by atoms with Crippen LogP contribution in [0.15, 0.2) is 18.2 Å². The van der Waals surface area contributed by atoms with Crippen molar-refractivity contribution in [3.05, 3.63) is 34.9 Å². The molecule has 1 rings (SSSR count). The van der Waals surface area contributed by atoms with Crippen LogP contribution in [-0.2, 0) is 15.6 Å². The highest BCUT2D eigenvalue weighted by Crippen LogP contribution is 2.32. The van der Waals surface area contributed by atoms with Gasteiger partial charge in [-0.3, -0.25) is 0 Å². The van der Waals surface area contributed by atoms with Crippen LogP contribution < -0.4 is 0 Å². The van der Waals surface area contributed by atoms with Gasteiger partial charge in [-0.05, 0) is 27.5 Å². The van der Waals surface area contributed by atoms with Crippen LogP contribution in [0.3, 0.4) is 0 Å². The average Bonchev–Trinajstić information content (AvgIpc) is 2.24. The van der Waals surface area contributed by atoms with Crippen LogP contribution in [0.4, 0.5) is 0 Å². The van der Waals surface area contributed by atoms with Crippen LogP contribution in [-0.4, -0.2) is 16.2 Å². The first-order chi connectivity index (χ1) is 8.43. The van der Waals surface area contributed by atoms with Crippen LogP contribution in [0.25, 0.3) is 0 Å². The molecule has 106 valence electrons. The van der Waals surface area contributed by atoms with Crippen molar-refractivity contribution in [1.82, 2.24) is 0 Å². The molecule has 0 aliphatic heterocycles. The van der Waals surface area contributed by atoms with Crippen molar-refractivity contribution in [3.8, 4) is 0 Å². The average molecular weight is 264 g/mol. The van der Waals surface area contributed by atoms with Gasteiger partial charge in [-0.25, -0.2) is 4.79 Å². The Morgan fingerprint density at radius 3 is 1.58 bits per heavy atom. The second kappa shape index (κ2) is 4.97. The van der Waals surface area contributed by atoms with E-state index in [1.165, 1.54) is 0 Å². The van der Waals surface area contributed by atoms with Gasteiger partial charge >= 0.3 is 5.97 Å². The molecule has 0 spiro atoms. The molecule has 0 heterocycles. The van der Waals surface area contributed by atoms with Gasteiger partial charge in [0.1, 0.15) is 0 Å². The molecule has 0 aromatic heterocycles. The third kappa shape index (κ3) is 3.80. The summed E-state index contributed by atoms with van der Waals surface area (Å²) in [6, 6.07) is 5.67. The number of aliphatic hydroxyl groups excluding tert-OH is 1. The predicted molar refractivity (Wildman–Crippen MR) is 76.4 cm³/mol. The largest absolute Gasteiger partial charge is 0.479 e. The molecule has 0 saturated heterocycles. The smallest absolute Gasteiger partial charge is 0.337 e. The lowest BCUT2D eigenvalue weighted by molar-refractivity contribution is -0.146. The highest BCUT2D eigenvalue weighted by Gasteiger charge is 2.24. The van der Waals surface area contributed by atoms with Crippen LogP contribution in [0.2, 0.25) is 0 Å². The zero-order valence-corrected chi connectivity index (χ0v) is 12.6. The van der Waals surface area contributed by atoms with Crippen molar-refractivity contribution < 1.29 is 15.0 Å². The summed E-state index contributed by atoms with van der Waals surface area (Å²) >= 11 is 0. The fraction of sp³-hybridized carbons (Fsp3) is 0.562. The molecule has 2 N–H and O–H groups in total. The van der Waals surface area contributed by atoms with Crippen LogP contribution >= 0.6 is 0 Å². The van der Waals surface area contributed by atoms with Gasteiger partial charge in [-0.15, -0.1) is 0 Å². The van der Waals surface area contributed by atoms with Crippen molar-refractivity contribution in [2.45, 2.75) is 58.5 Å². The zero-order chi connectivity index (χ0) is 15.0. The molecule has 3 nitrogen and oxygen atoms in total. The highest BCUT2D eigenvalue weighted by atomic mass is 16.4. The Hall–Kier alpha value is -1.35. The second-order valence-corrected chi connectivity index (χ2v) is 7.08. The molecule has 3 heteroatoms. The number of carboxylic acids is 1. The Labute approximate surface area is 115 Å². The molecule has 0 fully saturated rings. The van der Waals surface area contributed by atoms with E-state index in [4.69, 9.17) is 5.11 Å². The van der Waals surface area contributed by atoms with E-state index in [-0.39, 0.29) is 10.8 Å². The molecule has 0 aliphatic rings. The first-order valence-electron chi connectivity index (χ1n) is 6.50. The molecule has 0 radical (unpaired) electrons. The molecule has 1 unspecified atom stereocenters. The van der Waals surface area contributed by atoms with Gasteiger partial charge in [0, 0.05) is 0 Å². The van der Waals surface area contributed by atoms with Crippen molar-refractivity contribution in [1.29, 1.82) is 0 Å². The SMILES string of the molecule is CC(C)(C)c1cc(C(O)C(=O)O)cc(C(C)(C)C)c1. The van der Waals surface area contributed by atoms with Gasteiger partial charge in [0.05, 0.1) is 0 Å². The monoisotopic (exact) mass is 264 g/mol. The van der Waals surface area contributed by atoms with E-state index in [9.17, 15) is 9.90 Å². The Kier molecular flexibility index (Phi) is 4.11. The number of aliphatic carboxylic acids is 1. The van der Waals surface area contributed by atoms with E-state index in [0.717, 1.165) is 11.1 Å². The van der Waals surface area contributed by atoms with Crippen LogP contribution in [0, 0.1) is 0 Å². The summed E-state index contributed by atoms with van der Waals surface area (Å²) in [7, 11) is 0. The predicted octanol–water partition coefficient (Wildman–Crippen LogP) is 3.40. The number of carbonyl (C=O) groups is 1. The minimum atomic E-state index is -1.47. The molecule has 19 heavy (non-hydrogen) atoms. The fourth-order valence-corrected chi connectivity index (χ4v) is 1.82. The van der Waals surface area contributed by atoms with Gasteiger partial charge in [-0.2, -0.15) is 0 Å². The first kappa shape index (κ1) is 15.7. The molecule has 0 amide bonds. The number of carboxylic acid groups (broad SMARTS) is 1. The summed E-state index contributed by atoms with van der Waals surface area (Å²) in [5.41, 5.74) is 2.35. The summed E-state index contributed by atoms with van der Waals surface area (Å²) < 4.78 is 0. The summed E-state index contributed by atoms with van der Waals surface area (Å²) in [6.07, 6.45) is -1.47. The lowest BCUT2D eigenvalue weighted by Gasteiger charge is -2.26. The normalized spacial score (nSPS) is 14.3. The highest BCUT2D eigenvalue weighted by molar-refractivity contribution is 5.74. The molecule has 1 aromatic carbocycles. The lowest BCUT2D eigenvalue weighted by Crippen LogP contribution is -2.19. The second-order valence-electron chi connectivity index (χ2n) is 7.08. The van der Waals surface area contributed by atoms with E-state index in [1.54, 1.807) is 12.1 Å². The van der Waals surface area contributed by atoms with E-state index in [2.05, 4.69) is 47.6 Å². The van der Waals surface area contributed by atoms with Crippen LogP contribution in [0.5, 0.6) is 0 Å². The topological polar surface area (TPSA) is 57.5 Å². The van der Waals surface area contributed by atoms with E-state index >= 15 is 0 Å². The maximum Gasteiger partial charge on any atom is 0.337 e. The van der Waals surface area contributed by atoms with Crippen molar-refractivity contribution in [3.63, 3.8) is 0 Å².